The number of hydrogen-bond donors (Lipinski definition) is 1. The third-order valence-corrected chi connectivity index (χ3v) is 9.03. The van der Waals surface area contributed by atoms with Crippen LogP contribution in [0.4, 0.5) is 0 Å². The van der Waals surface area contributed by atoms with E-state index in [1.807, 2.05) is 25.7 Å². The maximum absolute atomic E-state index is 14.9. The Kier molecular flexibility index (Phi) is 10.2. The molecule has 3 aliphatic rings. The molecule has 1 N–H and O–H groups in total. The first-order valence-electron chi connectivity index (χ1n) is 15.5. The van der Waals surface area contributed by atoms with Crippen LogP contribution in [0.15, 0.2) is 25.3 Å². The zero-order valence-electron chi connectivity index (χ0n) is 26.8. The number of carbonyl (C=O) groups excluding carboxylic acids is 3. The third kappa shape index (κ3) is 6.29. The van der Waals surface area contributed by atoms with E-state index in [4.69, 9.17) is 4.74 Å². The highest BCUT2D eigenvalue weighted by Crippen LogP contribution is 2.59. The van der Waals surface area contributed by atoms with E-state index in [2.05, 4.69) is 47.8 Å². The number of amides is 3. The molecule has 0 radical (unpaired) electrons. The number of carbonyl (C=O) groups is 3. The molecule has 232 valence electrons. The molecule has 0 aliphatic carbocycles. The molecule has 6 atom stereocenters. The SMILES string of the molecule is C=CCN(CCC)C(=O)[C@@H]1[C@H]2C(=O)N([C@@H](CO)CC(C)C)C(C(=O)N(CC=C)C(C)(C)CC(C)(C)C)C23CC[C@H]1O3. The quantitative estimate of drug-likeness (QED) is 0.311. The molecule has 3 heterocycles. The van der Waals surface area contributed by atoms with Gasteiger partial charge in [-0.15, -0.1) is 13.2 Å². The van der Waals surface area contributed by atoms with Crippen LogP contribution in [0.3, 0.4) is 0 Å². The summed E-state index contributed by atoms with van der Waals surface area (Å²) in [5, 5.41) is 10.6. The van der Waals surface area contributed by atoms with Crippen molar-refractivity contribution in [3.63, 3.8) is 0 Å². The fraction of sp³-hybridized carbons (Fsp3) is 0.788. The number of hydrogen-bond acceptors (Lipinski definition) is 5. The van der Waals surface area contributed by atoms with E-state index in [0.29, 0.717) is 38.9 Å². The van der Waals surface area contributed by atoms with Crippen molar-refractivity contribution in [3.05, 3.63) is 25.3 Å². The number of likely N-dealkylation sites (tertiary alicyclic amines) is 1. The Labute approximate surface area is 248 Å². The van der Waals surface area contributed by atoms with Gasteiger partial charge in [0.15, 0.2) is 0 Å². The lowest BCUT2D eigenvalue weighted by atomic mass is 9.70. The molecule has 3 amide bonds. The lowest BCUT2D eigenvalue weighted by molar-refractivity contribution is -0.156. The van der Waals surface area contributed by atoms with E-state index in [1.165, 1.54) is 0 Å². The van der Waals surface area contributed by atoms with Gasteiger partial charge in [-0.3, -0.25) is 14.4 Å². The van der Waals surface area contributed by atoms with E-state index < -0.39 is 41.2 Å². The highest BCUT2D eigenvalue weighted by atomic mass is 16.5. The van der Waals surface area contributed by atoms with Gasteiger partial charge in [-0.25, -0.2) is 0 Å². The van der Waals surface area contributed by atoms with Crippen LogP contribution in [0.5, 0.6) is 0 Å². The minimum Gasteiger partial charge on any atom is -0.394 e. The Bertz CT molecular complexity index is 1000. The molecule has 0 aromatic carbocycles. The van der Waals surface area contributed by atoms with Crippen LogP contribution in [0.1, 0.15) is 87.5 Å². The number of ether oxygens (including phenoxy) is 1. The van der Waals surface area contributed by atoms with Gasteiger partial charge >= 0.3 is 0 Å². The minimum atomic E-state index is -1.10. The second-order valence-electron chi connectivity index (χ2n) is 14.6. The second-order valence-corrected chi connectivity index (χ2v) is 14.6. The van der Waals surface area contributed by atoms with Gasteiger partial charge in [-0.05, 0) is 57.3 Å². The molecule has 1 spiro atoms. The fourth-order valence-corrected chi connectivity index (χ4v) is 8.10. The van der Waals surface area contributed by atoms with Crippen LogP contribution >= 0.6 is 0 Å². The van der Waals surface area contributed by atoms with Crippen LogP contribution < -0.4 is 0 Å². The number of aliphatic hydroxyl groups is 1. The van der Waals surface area contributed by atoms with Gasteiger partial charge in [0, 0.05) is 25.2 Å². The molecule has 2 unspecified atom stereocenters. The standard InChI is InChI=1S/C33H55N3O5/c1-11-16-34(17-12-2)28(38)25-24-14-15-33(41-24)26(25)29(39)36(23(20-37)19-22(4)5)27(33)30(40)35(18-13-3)32(9,10)21-31(6,7)8/h11,13,22-27,37H,1,3,12,14-21H2,2,4-10H3/t23-,24-,25+,26+,27?,33?/m1/s1. The van der Waals surface area contributed by atoms with Gasteiger partial charge in [-0.2, -0.15) is 0 Å². The summed E-state index contributed by atoms with van der Waals surface area (Å²) in [6, 6.07) is -1.47. The van der Waals surface area contributed by atoms with E-state index in [-0.39, 0.29) is 35.7 Å². The fourth-order valence-electron chi connectivity index (χ4n) is 8.10. The number of aliphatic hydroxyl groups excluding tert-OH is 1. The summed E-state index contributed by atoms with van der Waals surface area (Å²) >= 11 is 0. The minimum absolute atomic E-state index is 0.0474. The van der Waals surface area contributed by atoms with Gasteiger partial charge in [-0.1, -0.05) is 53.7 Å². The van der Waals surface area contributed by atoms with Crippen molar-refractivity contribution in [2.45, 2.75) is 117 Å². The van der Waals surface area contributed by atoms with Crippen molar-refractivity contribution >= 4 is 17.7 Å². The summed E-state index contributed by atoms with van der Waals surface area (Å²) in [5.74, 6) is -1.77. The Hall–Kier alpha value is -2.19. The Balaban J connectivity index is 2.15. The van der Waals surface area contributed by atoms with Gasteiger partial charge in [0.05, 0.1) is 30.6 Å². The van der Waals surface area contributed by atoms with E-state index >= 15 is 0 Å². The van der Waals surface area contributed by atoms with Gasteiger partial charge in [0.25, 0.3) is 0 Å². The summed E-state index contributed by atoms with van der Waals surface area (Å²) in [5.41, 5.74) is -1.69. The number of fused-ring (bicyclic) bond motifs is 1. The third-order valence-electron chi connectivity index (χ3n) is 9.03. The lowest BCUT2D eigenvalue weighted by Gasteiger charge is -2.46. The monoisotopic (exact) mass is 573 g/mol. The molecule has 3 aliphatic heterocycles. The lowest BCUT2D eigenvalue weighted by Crippen LogP contribution is -2.62. The first kappa shape index (κ1) is 33.3. The van der Waals surface area contributed by atoms with Crippen LogP contribution in [-0.2, 0) is 19.1 Å². The number of nitrogens with zero attached hydrogens (tertiary/aromatic N) is 3. The molecule has 3 saturated heterocycles. The first-order chi connectivity index (χ1) is 19.1. The highest BCUT2D eigenvalue weighted by Gasteiger charge is 2.75. The Morgan fingerprint density at radius 2 is 1.78 bits per heavy atom. The maximum Gasteiger partial charge on any atom is 0.249 e. The van der Waals surface area contributed by atoms with Gasteiger partial charge in [0.1, 0.15) is 11.6 Å². The largest absolute Gasteiger partial charge is 0.394 e. The van der Waals surface area contributed by atoms with Crippen LogP contribution in [0.25, 0.3) is 0 Å². The van der Waals surface area contributed by atoms with Crippen LogP contribution in [-0.4, -0.2) is 93.1 Å². The van der Waals surface area contributed by atoms with E-state index in [0.717, 1.165) is 12.8 Å². The molecule has 8 heteroatoms. The molecule has 8 nitrogen and oxygen atoms in total. The summed E-state index contributed by atoms with van der Waals surface area (Å²) in [4.78, 5) is 48.7. The summed E-state index contributed by atoms with van der Waals surface area (Å²) in [7, 11) is 0. The molecular formula is C33H55N3O5. The summed E-state index contributed by atoms with van der Waals surface area (Å²) in [6.07, 6.45) is 6.25. The first-order valence-corrected chi connectivity index (χ1v) is 15.5. The summed E-state index contributed by atoms with van der Waals surface area (Å²) in [6.45, 7) is 25.5. The van der Waals surface area contributed by atoms with E-state index in [9.17, 15) is 19.5 Å². The molecule has 3 fully saturated rings. The molecule has 2 bridgehead atoms. The van der Waals surface area contributed by atoms with Crippen molar-refractivity contribution in [1.82, 2.24) is 14.7 Å². The topological polar surface area (TPSA) is 90.4 Å². The molecule has 41 heavy (non-hydrogen) atoms. The van der Waals surface area contributed by atoms with E-state index in [1.54, 1.807) is 22.0 Å². The Morgan fingerprint density at radius 3 is 2.29 bits per heavy atom. The molecule has 3 rings (SSSR count). The molecular weight excluding hydrogens is 518 g/mol. The van der Waals surface area contributed by atoms with Crippen molar-refractivity contribution in [1.29, 1.82) is 0 Å². The van der Waals surface area contributed by atoms with Crippen molar-refractivity contribution in [2.24, 2.45) is 23.2 Å². The van der Waals surface area contributed by atoms with Gasteiger partial charge < -0.3 is 24.5 Å². The number of rotatable bonds is 14. The maximum atomic E-state index is 14.9. The predicted octanol–water partition coefficient (Wildman–Crippen LogP) is 4.42. The van der Waals surface area contributed by atoms with Gasteiger partial charge in [0.2, 0.25) is 17.7 Å². The highest BCUT2D eigenvalue weighted by molar-refractivity contribution is 5.99. The predicted molar refractivity (Wildman–Crippen MR) is 162 cm³/mol. The molecule has 0 aromatic heterocycles. The average molecular weight is 574 g/mol. The zero-order chi connectivity index (χ0) is 30.9. The molecule has 0 aromatic rings. The summed E-state index contributed by atoms with van der Waals surface area (Å²) < 4.78 is 6.71. The second kappa shape index (κ2) is 12.6. The zero-order valence-corrected chi connectivity index (χ0v) is 26.8. The smallest absolute Gasteiger partial charge is 0.249 e. The van der Waals surface area contributed by atoms with Crippen molar-refractivity contribution in [2.75, 3.05) is 26.2 Å². The average Bonchev–Trinajstić information content (AvgIpc) is 3.50. The van der Waals surface area contributed by atoms with Crippen molar-refractivity contribution < 1.29 is 24.2 Å². The van der Waals surface area contributed by atoms with Crippen LogP contribution in [0, 0.1) is 23.2 Å². The molecule has 0 saturated carbocycles. The Morgan fingerprint density at radius 1 is 1.15 bits per heavy atom. The van der Waals surface area contributed by atoms with Crippen molar-refractivity contribution in [3.8, 4) is 0 Å². The van der Waals surface area contributed by atoms with Crippen LogP contribution in [0.2, 0.25) is 0 Å². The normalized spacial score (nSPS) is 28.1.